The lowest BCUT2D eigenvalue weighted by molar-refractivity contribution is -0.145. The van der Waals surface area contributed by atoms with Gasteiger partial charge in [0.25, 0.3) is 0 Å². The van der Waals surface area contributed by atoms with E-state index in [-0.39, 0.29) is 18.3 Å². The largest absolute Gasteiger partial charge is 0.480 e. The fourth-order valence-corrected chi connectivity index (χ4v) is 4.21. The Morgan fingerprint density at radius 1 is 1.24 bits per heavy atom. The first-order valence-electron chi connectivity index (χ1n) is 12.4. The average molecular weight is 522 g/mol. The van der Waals surface area contributed by atoms with Gasteiger partial charge in [-0.2, -0.15) is 0 Å². The molecule has 2 heterocycles. The number of carbonyl (C=O) groups excluding carboxylic acids is 3. The third-order valence-electron chi connectivity index (χ3n) is 6.06. The van der Waals surface area contributed by atoms with Crippen molar-refractivity contribution in [2.75, 3.05) is 13.1 Å². The van der Waals surface area contributed by atoms with Crippen LogP contribution in [0.1, 0.15) is 51.6 Å². The maximum atomic E-state index is 13.5. The summed E-state index contributed by atoms with van der Waals surface area (Å²) < 4.78 is 0. The summed E-state index contributed by atoms with van der Waals surface area (Å²) in [7, 11) is 0. The van der Waals surface area contributed by atoms with Gasteiger partial charge in [-0.3, -0.25) is 19.4 Å². The second kappa shape index (κ2) is 14.2. The van der Waals surface area contributed by atoms with Gasteiger partial charge in [0, 0.05) is 31.4 Å². The molecule has 0 radical (unpaired) electrons. The summed E-state index contributed by atoms with van der Waals surface area (Å²) in [6.07, 6.45) is 5.07. The molecule has 1 fully saturated rings. The predicted octanol–water partition coefficient (Wildman–Crippen LogP) is -1.58. The van der Waals surface area contributed by atoms with E-state index in [4.69, 9.17) is 17.2 Å². The van der Waals surface area contributed by atoms with E-state index in [9.17, 15) is 24.3 Å². The Labute approximate surface area is 215 Å². The third kappa shape index (κ3) is 9.37. The lowest BCUT2D eigenvalue weighted by Crippen LogP contribution is -2.57. The number of amides is 3. The molecule has 0 spiro atoms. The first kappa shape index (κ1) is 29.5. The van der Waals surface area contributed by atoms with E-state index in [0.29, 0.717) is 50.9 Å². The van der Waals surface area contributed by atoms with Crippen LogP contribution in [0.25, 0.3) is 0 Å². The quantitative estimate of drug-likeness (QED) is 0.0848. The molecule has 1 saturated heterocycles. The lowest BCUT2D eigenvalue weighted by Gasteiger charge is -2.30. The van der Waals surface area contributed by atoms with Crippen LogP contribution in [0.5, 0.6) is 0 Å². The number of nitrogens with two attached hydrogens (primary N) is 3. The van der Waals surface area contributed by atoms with Crippen molar-refractivity contribution in [2.24, 2.45) is 28.1 Å². The summed E-state index contributed by atoms with van der Waals surface area (Å²) in [6.45, 7) is 4.50. The maximum absolute atomic E-state index is 13.5. The number of carboxylic acid groups (broad SMARTS) is 1. The topological polar surface area (TPSA) is 235 Å². The van der Waals surface area contributed by atoms with Gasteiger partial charge in [0.15, 0.2) is 5.96 Å². The minimum atomic E-state index is -1.20. The molecule has 1 aromatic rings. The molecular formula is C23H39N9O5. The first-order chi connectivity index (χ1) is 17.5. The van der Waals surface area contributed by atoms with Crippen LogP contribution in [0.4, 0.5) is 0 Å². The number of guanidine groups is 1. The Kier molecular flexibility index (Phi) is 11.3. The average Bonchev–Trinajstić information content (AvgIpc) is 3.52. The van der Waals surface area contributed by atoms with Gasteiger partial charge in [0.2, 0.25) is 17.7 Å². The van der Waals surface area contributed by atoms with Gasteiger partial charge in [0.1, 0.15) is 18.1 Å². The predicted molar refractivity (Wildman–Crippen MR) is 136 cm³/mol. The smallest absolute Gasteiger partial charge is 0.326 e. The molecule has 206 valence electrons. The molecule has 2 rings (SSSR count). The number of imidazole rings is 1. The minimum Gasteiger partial charge on any atom is -0.480 e. The number of carboxylic acids is 1. The summed E-state index contributed by atoms with van der Waals surface area (Å²) >= 11 is 0. The number of hydrogen-bond acceptors (Lipinski definition) is 7. The lowest BCUT2D eigenvalue weighted by atomic mass is 10.0. The van der Waals surface area contributed by atoms with Crippen molar-refractivity contribution in [3.05, 3.63) is 18.2 Å². The minimum absolute atomic E-state index is 0.0227. The second-order valence-electron chi connectivity index (χ2n) is 9.62. The fourth-order valence-electron chi connectivity index (χ4n) is 4.21. The molecule has 1 aliphatic heterocycles. The van der Waals surface area contributed by atoms with Gasteiger partial charge in [-0.15, -0.1) is 0 Å². The van der Waals surface area contributed by atoms with Crippen LogP contribution in [0.2, 0.25) is 0 Å². The van der Waals surface area contributed by atoms with Crippen molar-refractivity contribution in [1.29, 1.82) is 0 Å². The summed E-state index contributed by atoms with van der Waals surface area (Å²) in [4.78, 5) is 62.9. The number of aliphatic imine (C=N–C) groups is 1. The van der Waals surface area contributed by atoms with Crippen molar-refractivity contribution in [2.45, 2.75) is 76.5 Å². The Balaban J connectivity index is 2.05. The zero-order valence-electron chi connectivity index (χ0n) is 21.4. The van der Waals surface area contributed by atoms with Gasteiger partial charge < -0.3 is 42.8 Å². The number of aromatic nitrogens is 2. The Bertz CT molecular complexity index is 946. The molecule has 1 aromatic heterocycles. The number of nitrogens with zero attached hydrogens (tertiary/aromatic N) is 3. The molecule has 4 unspecified atom stereocenters. The molecule has 1 aliphatic rings. The number of likely N-dealkylation sites (tertiary alicyclic amines) is 1. The van der Waals surface area contributed by atoms with Crippen LogP contribution >= 0.6 is 0 Å². The molecule has 10 N–H and O–H groups in total. The highest BCUT2D eigenvalue weighted by Crippen LogP contribution is 2.21. The summed E-state index contributed by atoms with van der Waals surface area (Å²) in [5.41, 5.74) is 17.1. The van der Waals surface area contributed by atoms with E-state index in [1.165, 1.54) is 17.4 Å². The summed E-state index contributed by atoms with van der Waals surface area (Å²) in [5.74, 6) is -2.59. The number of hydrogen-bond donors (Lipinski definition) is 7. The molecule has 0 saturated carbocycles. The number of carbonyl (C=O) groups is 4. The van der Waals surface area contributed by atoms with E-state index in [2.05, 4.69) is 25.6 Å². The molecule has 0 aromatic carbocycles. The summed E-state index contributed by atoms with van der Waals surface area (Å²) in [5, 5.41) is 14.9. The molecule has 3 amide bonds. The summed E-state index contributed by atoms with van der Waals surface area (Å²) in [6, 6.07) is -3.75. The number of aromatic amines is 1. The molecule has 37 heavy (non-hydrogen) atoms. The van der Waals surface area contributed by atoms with Crippen LogP contribution in [0.3, 0.4) is 0 Å². The van der Waals surface area contributed by atoms with Crippen molar-refractivity contribution in [3.63, 3.8) is 0 Å². The van der Waals surface area contributed by atoms with Gasteiger partial charge in [-0.25, -0.2) is 9.78 Å². The standard InChI is InChI=1S/C23H39N9O5/c1-13(2)9-16(30-19(33)15(24)5-3-7-28-23(25)26)21(35)32-8-4-6-18(32)20(34)31-17(22(36)37)10-14-11-27-12-29-14/h11-13,15-18H,3-10,24H2,1-2H3,(H,27,29)(H,30,33)(H,31,34)(H,36,37)(H4,25,26,28). The SMILES string of the molecule is CC(C)CC(NC(=O)C(N)CCCN=C(N)N)C(=O)N1CCCC1C(=O)NC(Cc1cnc[nH]1)C(=O)O. The van der Waals surface area contributed by atoms with Crippen LogP contribution in [0, 0.1) is 5.92 Å². The Hall–Kier alpha value is -3.68. The van der Waals surface area contributed by atoms with E-state index in [1.807, 2.05) is 13.8 Å². The normalized spacial score (nSPS) is 17.6. The number of rotatable bonds is 14. The third-order valence-corrected chi connectivity index (χ3v) is 6.06. The molecule has 14 heteroatoms. The van der Waals surface area contributed by atoms with Gasteiger partial charge in [-0.1, -0.05) is 13.8 Å². The van der Waals surface area contributed by atoms with E-state index in [0.717, 1.165) is 0 Å². The number of nitrogens with one attached hydrogen (secondary N) is 3. The van der Waals surface area contributed by atoms with E-state index < -0.39 is 47.9 Å². The van der Waals surface area contributed by atoms with Crippen LogP contribution < -0.4 is 27.8 Å². The van der Waals surface area contributed by atoms with Crippen molar-refractivity contribution in [1.82, 2.24) is 25.5 Å². The zero-order valence-corrected chi connectivity index (χ0v) is 21.4. The fraction of sp³-hybridized carbons (Fsp3) is 0.652. The number of aliphatic carboxylic acids is 1. The maximum Gasteiger partial charge on any atom is 0.326 e. The van der Waals surface area contributed by atoms with E-state index in [1.54, 1.807) is 0 Å². The molecule has 0 bridgehead atoms. The van der Waals surface area contributed by atoms with Gasteiger partial charge in [0.05, 0.1) is 12.4 Å². The Morgan fingerprint density at radius 2 is 1.97 bits per heavy atom. The van der Waals surface area contributed by atoms with Gasteiger partial charge >= 0.3 is 5.97 Å². The monoisotopic (exact) mass is 521 g/mol. The second-order valence-corrected chi connectivity index (χ2v) is 9.62. The van der Waals surface area contributed by atoms with Crippen molar-refractivity contribution >= 4 is 29.7 Å². The zero-order chi connectivity index (χ0) is 27.5. The van der Waals surface area contributed by atoms with Crippen molar-refractivity contribution in [3.8, 4) is 0 Å². The van der Waals surface area contributed by atoms with Gasteiger partial charge in [-0.05, 0) is 38.0 Å². The highest BCUT2D eigenvalue weighted by molar-refractivity contribution is 5.94. The van der Waals surface area contributed by atoms with Crippen molar-refractivity contribution < 1.29 is 24.3 Å². The van der Waals surface area contributed by atoms with Crippen LogP contribution in [0.15, 0.2) is 17.5 Å². The van der Waals surface area contributed by atoms with Crippen LogP contribution in [-0.2, 0) is 25.6 Å². The first-order valence-corrected chi connectivity index (χ1v) is 12.4. The molecule has 0 aliphatic carbocycles. The highest BCUT2D eigenvalue weighted by Gasteiger charge is 2.39. The Morgan fingerprint density at radius 3 is 2.57 bits per heavy atom. The molecule has 14 nitrogen and oxygen atoms in total. The molecule has 4 atom stereocenters. The van der Waals surface area contributed by atoms with E-state index >= 15 is 0 Å². The number of H-pyrrole nitrogens is 1. The van der Waals surface area contributed by atoms with Crippen LogP contribution in [-0.4, -0.2) is 86.9 Å². The highest BCUT2D eigenvalue weighted by atomic mass is 16.4. The molecular weight excluding hydrogens is 482 g/mol.